The van der Waals surface area contributed by atoms with Crippen molar-refractivity contribution in [2.75, 3.05) is 0 Å². The number of nitrogens with zero attached hydrogens (tertiary/aromatic N) is 1. The van der Waals surface area contributed by atoms with E-state index in [1.165, 1.54) is 18.2 Å². The number of hydrogen-bond donors (Lipinski definition) is 1. The fourth-order valence-corrected chi connectivity index (χ4v) is 1.16. The maximum absolute atomic E-state index is 10.4. The summed E-state index contributed by atoms with van der Waals surface area (Å²) in [5.41, 5.74) is 0.238. The van der Waals surface area contributed by atoms with E-state index in [9.17, 15) is 14.9 Å². The predicted octanol–water partition coefficient (Wildman–Crippen LogP) is 2.07. The van der Waals surface area contributed by atoms with Crippen LogP contribution in [0, 0.1) is 22.0 Å². The minimum absolute atomic E-state index is 0.131. The Bertz CT molecular complexity index is 501. The first-order chi connectivity index (χ1) is 7.50. The molecular weight excluding hydrogens is 234 g/mol. The second-order valence-electron chi connectivity index (χ2n) is 2.79. The van der Waals surface area contributed by atoms with E-state index in [1.54, 1.807) is 0 Å². The molecule has 0 atom stereocenters. The third kappa shape index (κ3) is 3.26. The molecule has 0 aliphatic heterocycles. The highest BCUT2D eigenvalue weighted by Gasteiger charge is 2.07. The number of nitro benzene ring substituents is 1. The number of non-ortho nitro benzene ring substituents is 1. The van der Waals surface area contributed by atoms with E-state index >= 15 is 0 Å². The number of rotatable bonds is 2. The summed E-state index contributed by atoms with van der Waals surface area (Å²) >= 11 is 5.73. The number of aliphatic carboxylic acids is 1. The van der Waals surface area contributed by atoms with Gasteiger partial charge in [0.25, 0.3) is 5.69 Å². The Morgan fingerprint density at radius 1 is 1.56 bits per heavy atom. The fraction of sp³-hybridized carbons (Fsp3) is 0.100. The molecular formula is C10H6ClNO4. The lowest BCUT2D eigenvalue weighted by Crippen LogP contribution is -1.91. The highest BCUT2D eigenvalue weighted by Crippen LogP contribution is 2.21. The van der Waals surface area contributed by atoms with Crippen LogP contribution in [-0.2, 0) is 4.79 Å². The summed E-state index contributed by atoms with van der Waals surface area (Å²) in [6.07, 6.45) is -0.298. The standard InChI is InChI=1S/C10H6ClNO4/c11-9-6-8(12(15)16)5-4-7(9)2-1-3-10(13)14/h4-6H,3H2,(H,13,14). The number of nitro groups is 1. The van der Waals surface area contributed by atoms with Crippen molar-refractivity contribution in [2.45, 2.75) is 6.42 Å². The maximum Gasteiger partial charge on any atom is 0.315 e. The largest absolute Gasteiger partial charge is 0.481 e. The highest BCUT2D eigenvalue weighted by molar-refractivity contribution is 6.32. The molecule has 1 N–H and O–H groups in total. The fourth-order valence-electron chi connectivity index (χ4n) is 0.934. The van der Waals surface area contributed by atoms with Crippen molar-refractivity contribution in [3.63, 3.8) is 0 Å². The van der Waals surface area contributed by atoms with Crippen LogP contribution >= 0.6 is 11.6 Å². The number of benzene rings is 1. The van der Waals surface area contributed by atoms with Crippen LogP contribution in [0.4, 0.5) is 5.69 Å². The molecule has 0 bridgehead atoms. The van der Waals surface area contributed by atoms with Gasteiger partial charge in [-0.2, -0.15) is 0 Å². The first kappa shape index (κ1) is 12.0. The average Bonchev–Trinajstić information content (AvgIpc) is 2.19. The molecule has 0 radical (unpaired) electrons. The van der Waals surface area contributed by atoms with Gasteiger partial charge in [-0.15, -0.1) is 0 Å². The van der Waals surface area contributed by atoms with E-state index in [2.05, 4.69) is 11.8 Å². The first-order valence-corrected chi connectivity index (χ1v) is 4.53. The van der Waals surface area contributed by atoms with Crippen molar-refractivity contribution in [3.8, 4) is 11.8 Å². The molecule has 0 heterocycles. The molecule has 0 aromatic heterocycles. The SMILES string of the molecule is O=C(O)CC#Cc1ccc([N+](=O)[O-])cc1Cl. The number of carboxylic acid groups (broad SMARTS) is 1. The van der Waals surface area contributed by atoms with Crippen LogP contribution in [0.15, 0.2) is 18.2 Å². The molecule has 0 saturated carbocycles. The second-order valence-corrected chi connectivity index (χ2v) is 3.20. The van der Waals surface area contributed by atoms with Crippen LogP contribution in [-0.4, -0.2) is 16.0 Å². The van der Waals surface area contributed by atoms with E-state index in [1.807, 2.05) is 0 Å². The van der Waals surface area contributed by atoms with Crippen LogP contribution in [0.5, 0.6) is 0 Å². The van der Waals surface area contributed by atoms with E-state index in [4.69, 9.17) is 16.7 Å². The van der Waals surface area contributed by atoms with Crippen molar-refractivity contribution in [3.05, 3.63) is 38.9 Å². The van der Waals surface area contributed by atoms with Gasteiger partial charge >= 0.3 is 5.97 Å². The van der Waals surface area contributed by atoms with Crippen LogP contribution in [0.2, 0.25) is 5.02 Å². The zero-order valence-corrected chi connectivity index (χ0v) is 8.69. The number of hydrogen-bond acceptors (Lipinski definition) is 3. The molecule has 6 heteroatoms. The summed E-state index contributed by atoms with van der Waals surface area (Å²) in [5.74, 6) is 3.88. The maximum atomic E-state index is 10.4. The van der Waals surface area contributed by atoms with Crippen molar-refractivity contribution >= 4 is 23.3 Å². The number of halogens is 1. The van der Waals surface area contributed by atoms with Crippen LogP contribution in [0.1, 0.15) is 12.0 Å². The van der Waals surface area contributed by atoms with Gasteiger partial charge in [-0.05, 0) is 6.07 Å². The molecule has 0 fully saturated rings. The van der Waals surface area contributed by atoms with Gasteiger partial charge in [0.15, 0.2) is 0 Å². The molecule has 1 rings (SSSR count). The summed E-state index contributed by atoms with van der Waals surface area (Å²) in [4.78, 5) is 20.0. The summed E-state index contributed by atoms with van der Waals surface area (Å²) in [5, 5.41) is 18.9. The van der Waals surface area contributed by atoms with Gasteiger partial charge in [-0.3, -0.25) is 14.9 Å². The van der Waals surface area contributed by atoms with Gasteiger partial charge in [0.1, 0.15) is 6.42 Å². The molecule has 1 aromatic rings. The molecule has 0 saturated heterocycles. The lowest BCUT2D eigenvalue weighted by molar-refractivity contribution is -0.384. The Kier molecular flexibility index (Phi) is 3.86. The normalized spacial score (nSPS) is 9.06. The Morgan fingerprint density at radius 3 is 2.75 bits per heavy atom. The number of carbonyl (C=O) groups is 1. The second kappa shape index (κ2) is 5.14. The Labute approximate surface area is 95.8 Å². The van der Waals surface area contributed by atoms with Gasteiger partial charge < -0.3 is 5.11 Å². The Hall–Kier alpha value is -2.06. The van der Waals surface area contributed by atoms with Crippen molar-refractivity contribution in [1.82, 2.24) is 0 Å². The third-order valence-corrected chi connectivity index (χ3v) is 1.94. The summed E-state index contributed by atoms with van der Waals surface area (Å²) in [6, 6.07) is 3.82. The molecule has 16 heavy (non-hydrogen) atoms. The minimum atomic E-state index is -1.04. The van der Waals surface area contributed by atoms with Crippen molar-refractivity contribution < 1.29 is 14.8 Å². The van der Waals surface area contributed by atoms with E-state index in [0.29, 0.717) is 5.56 Å². The lowest BCUT2D eigenvalue weighted by Gasteiger charge is -1.95. The number of carboxylic acids is 1. The van der Waals surface area contributed by atoms with E-state index in [0.717, 1.165) is 0 Å². The van der Waals surface area contributed by atoms with Crippen LogP contribution in [0.25, 0.3) is 0 Å². The van der Waals surface area contributed by atoms with Gasteiger partial charge in [0.05, 0.1) is 9.95 Å². The topological polar surface area (TPSA) is 80.4 Å². The Morgan fingerprint density at radius 2 is 2.25 bits per heavy atom. The Balaban J connectivity index is 2.94. The van der Waals surface area contributed by atoms with Crippen molar-refractivity contribution in [1.29, 1.82) is 0 Å². The summed E-state index contributed by atoms with van der Waals surface area (Å²) in [7, 11) is 0. The molecule has 1 aromatic carbocycles. The van der Waals surface area contributed by atoms with E-state index < -0.39 is 10.9 Å². The van der Waals surface area contributed by atoms with Gasteiger partial charge in [0, 0.05) is 17.7 Å². The smallest absolute Gasteiger partial charge is 0.315 e. The molecule has 82 valence electrons. The first-order valence-electron chi connectivity index (χ1n) is 4.15. The van der Waals surface area contributed by atoms with Crippen LogP contribution < -0.4 is 0 Å². The minimum Gasteiger partial charge on any atom is -0.481 e. The highest BCUT2D eigenvalue weighted by atomic mass is 35.5. The van der Waals surface area contributed by atoms with E-state index in [-0.39, 0.29) is 17.1 Å². The molecule has 0 spiro atoms. The zero-order valence-electron chi connectivity index (χ0n) is 7.94. The third-order valence-electron chi connectivity index (χ3n) is 1.63. The summed E-state index contributed by atoms with van der Waals surface area (Å²) in [6.45, 7) is 0. The zero-order chi connectivity index (χ0) is 12.1. The lowest BCUT2D eigenvalue weighted by atomic mass is 10.2. The molecule has 0 aliphatic rings. The molecule has 0 aliphatic carbocycles. The van der Waals surface area contributed by atoms with Gasteiger partial charge in [-0.1, -0.05) is 23.4 Å². The van der Waals surface area contributed by atoms with Crippen LogP contribution in [0.3, 0.4) is 0 Å². The quantitative estimate of drug-likeness (QED) is 0.487. The van der Waals surface area contributed by atoms with Crippen molar-refractivity contribution in [2.24, 2.45) is 0 Å². The predicted molar refractivity (Wildman–Crippen MR) is 57.2 cm³/mol. The molecule has 0 amide bonds. The molecule has 0 unspecified atom stereocenters. The monoisotopic (exact) mass is 239 g/mol. The summed E-state index contributed by atoms with van der Waals surface area (Å²) < 4.78 is 0. The van der Waals surface area contributed by atoms with Gasteiger partial charge in [-0.25, -0.2) is 0 Å². The molecule has 5 nitrogen and oxygen atoms in total. The average molecular weight is 240 g/mol. The van der Waals surface area contributed by atoms with Gasteiger partial charge in [0.2, 0.25) is 0 Å².